The van der Waals surface area contributed by atoms with Crippen molar-refractivity contribution >= 4 is 11.9 Å². The summed E-state index contributed by atoms with van der Waals surface area (Å²) in [4.78, 5) is 22.4. The molecule has 6 atom stereocenters. The molecule has 1 unspecified atom stereocenters. The van der Waals surface area contributed by atoms with Gasteiger partial charge in [-0.25, -0.2) is 4.79 Å². The Morgan fingerprint density at radius 1 is 1.41 bits per heavy atom. The molecule has 128 valence electrons. The maximum absolute atomic E-state index is 11.4. The van der Waals surface area contributed by atoms with Gasteiger partial charge in [0.2, 0.25) is 5.91 Å². The van der Waals surface area contributed by atoms with E-state index in [0.29, 0.717) is 0 Å². The number of aliphatic hydroxyl groups excluding tert-OH is 4. The van der Waals surface area contributed by atoms with Gasteiger partial charge in [-0.05, 0) is 0 Å². The predicted molar refractivity (Wildman–Crippen MR) is 68.2 cm³/mol. The molecule has 1 aliphatic rings. The van der Waals surface area contributed by atoms with Gasteiger partial charge >= 0.3 is 5.97 Å². The van der Waals surface area contributed by atoms with E-state index in [-0.39, 0.29) is 0 Å². The van der Waals surface area contributed by atoms with Crippen molar-refractivity contribution in [1.82, 2.24) is 5.32 Å². The van der Waals surface area contributed by atoms with E-state index in [9.17, 15) is 30.0 Å². The fraction of sp³-hybridized carbons (Fsp3) is 0.818. The zero-order chi connectivity index (χ0) is 17.1. The fourth-order valence-electron chi connectivity index (χ4n) is 2.15. The first-order chi connectivity index (χ1) is 10.2. The van der Waals surface area contributed by atoms with Crippen LogP contribution in [0.1, 0.15) is 6.42 Å². The minimum absolute atomic E-state index is 0.447. The van der Waals surface area contributed by atoms with Crippen LogP contribution in [0.25, 0.3) is 0 Å². The molecular formula is C11H20N2O9. The summed E-state index contributed by atoms with van der Waals surface area (Å²) in [5.74, 6) is -5.36. The molecule has 1 aliphatic heterocycles. The molecule has 9 N–H and O–H groups in total. The summed E-state index contributed by atoms with van der Waals surface area (Å²) in [5, 5.41) is 59.1. The van der Waals surface area contributed by atoms with Crippen molar-refractivity contribution in [2.75, 3.05) is 13.2 Å². The number of aliphatic carboxylic acids is 1. The number of amides is 1. The van der Waals surface area contributed by atoms with Crippen LogP contribution >= 0.6 is 0 Å². The molecule has 1 saturated heterocycles. The van der Waals surface area contributed by atoms with Crippen LogP contribution in [0.2, 0.25) is 0 Å². The molecule has 0 bridgehead atoms. The Kier molecular flexibility index (Phi) is 6.19. The Bertz CT molecular complexity index is 420. The standard InChI is InChI=1S/C11H20N2O9/c12-2-6(17)13-7-4(15)1-11(21,10(19)20)22-9(7)8(18)5(16)3-14/h4-5,7-9,14-16,18,21H,1-3,12H2,(H,13,17)(H,19,20)/t4-,5+,7+,8+,9+,11?/m0/s1. The van der Waals surface area contributed by atoms with Crippen LogP contribution in [0.3, 0.4) is 0 Å². The van der Waals surface area contributed by atoms with Gasteiger partial charge in [-0.15, -0.1) is 0 Å². The Balaban J connectivity index is 3.07. The molecule has 0 aromatic carbocycles. The summed E-state index contributed by atoms with van der Waals surface area (Å²) in [6.45, 7) is -1.34. The average Bonchev–Trinajstić information content (AvgIpc) is 2.47. The van der Waals surface area contributed by atoms with Crippen LogP contribution in [-0.2, 0) is 14.3 Å². The van der Waals surface area contributed by atoms with Gasteiger partial charge in [0.05, 0.1) is 25.3 Å². The van der Waals surface area contributed by atoms with Crippen molar-refractivity contribution in [3.63, 3.8) is 0 Å². The molecule has 1 rings (SSSR count). The highest BCUT2D eigenvalue weighted by atomic mass is 16.7. The van der Waals surface area contributed by atoms with Crippen molar-refractivity contribution in [3.05, 3.63) is 0 Å². The molecule has 11 nitrogen and oxygen atoms in total. The third-order valence-corrected chi connectivity index (χ3v) is 3.35. The number of carbonyl (C=O) groups is 2. The van der Waals surface area contributed by atoms with Gasteiger partial charge in [0.15, 0.2) is 0 Å². The Morgan fingerprint density at radius 2 is 2.00 bits per heavy atom. The van der Waals surface area contributed by atoms with Gasteiger partial charge in [0, 0.05) is 6.42 Å². The predicted octanol–water partition coefficient (Wildman–Crippen LogP) is -4.93. The number of aliphatic hydroxyl groups is 5. The molecule has 0 radical (unpaired) electrons. The molecule has 0 spiro atoms. The van der Waals surface area contributed by atoms with Crippen LogP contribution in [0.5, 0.6) is 0 Å². The maximum Gasteiger partial charge on any atom is 0.364 e. The van der Waals surface area contributed by atoms with Gasteiger partial charge in [0.1, 0.15) is 18.3 Å². The summed E-state index contributed by atoms with van der Waals surface area (Å²) in [7, 11) is 0. The number of ether oxygens (including phenoxy) is 1. The van der Waals surface area contributed by atoms with Crippen LogP contribution in [0.4, 0.5) is 0 Å². The van der Waals surface area contributed by atoms with E-state index in [1.54, 1.807) is 0 Å². The Labute approximate surface area is 124 Å². The number of hydrogen-bond acceptors (Lipinski definition) is 9. The van der Waals surface area contributed by atoms with Crippen LogP contribution in [0.15, 0.2) is 0 Å². The highest BCUT2D eigenvalue weighted by Gasteiger charge is 2.53. The molecule has 11 heteroatoms. The summed E-state index contributed by atoms with van der Waals surface area (Å²) in [6, 6.07) is -1.34. The normalized spacial score (nSPS) is 34.7. The number of nitrogens with two attached hydrogens (primary N) is 1. The van der Waals surface area contributed by atoms with Crippen molar-refractivity contribution in [2.45, 2.75) is 42.7 Å². The molecule has 22 heavy (non-hydrogen) atoms. The third kappa shape index (κ3) is 3.89. The number of rotatable bonds is 6. The first-order valence-electron chi connectivity index (χ1n) is 6.44. The second kappa shape index (κ2) is 7.28. The molecule has 0 aromatic rings. The number of carboxylic acid groups (broad SMARTS) is 1. The van der Waals surface area contributed by atoms with E-state index < -0.39 is 67.7 Å². The van der Waals surface area contributed by atoms with E-state index in [1.165, 1.54) is 0 Å². The lowest BCUT2D eigenvalue weighted by atomic mass is 9.88. The highest BCUT2D eigenvalue weighted by molar-refractivity contribution is 5.78. The summed E-state index contributed by atoms with van der Waals surface area (Å²) in [5.41, 5.74) is 5.11. The highest BCUT2D eigenvalue weighted by Crippen LogP contribution is 2.30. The number of carbonyl (C=O) groups excluding carboxylic acids is 1. The first-order valence-corrected chi connectivity index (χ1v) is 6.44. The van der Waals surface area contributed by atoms with E-state index >= 15 is 0 Å². The molecule has 1 fully saturated rings. The summed E-state index contributed by atoms with van der Waals surface area (Å²) >= 11 is 0. The van der Waals surface area contributed by atoms with Crippen LogP contribution in [0, 0.1) is 0 Å². The molecular weight excluding hydrogens is 304 g/mol. The molecule has 1 heterocycles. The molecule has 0 aromatic heterocycles. The fourth-order valence-corrected chi connectivity index (χ4v) is 2.15. The SMILES string of the molecule is NCC(=O)N[C@H]1[C@H]([C@H](O)[C@H](O)CO)OC(O)(C(=O)O)C[C@@H]1O. The Hall–Kier alpha value is -1.34. The topological polar surface area (TPSA) is 203 Å². The minimum Gasteiger partial charge on any atom is -0.477 e. The molecule has 0 saturated carbocycles. The quantitative estimate of drug-likeness (QED) is 0.234. The van der Waals surface area contributed by atoms with Crippen molar-refractivity contribution in [1.29, 1.82) is 0 Å². The van der Waals surface area contributed by atoms with E-state index in [1.807, 2.05) is 0 Å². The van der Waals surface area contributed by atoms with Gasteiger partial charge < -0.3 is 46.4 Å². The van der Waals surface area contributed by atoms with Gasteiger partial charge in [0.25, 0.3) is 5.79 Å². The zero-order valence-electron chi connectivity index (χ0n) is 11.5. The van der Waals surface area contributed by atoms with Gasteiger partial charge in [-0.1, -0.05) is 0 Å². The molecule has 1 amide bonds. The minimum atomic E-state index is -2.82. The smallest absolute Gasteiger partial charge is 0.364 e. The average molecular weight is 324 g/mol. The van der Waals surface area contributed by atoms with Crippen molar-refractivity contribution in [3.8, 4) is 0 Å². The van der Waals surface area contributed by atoms with Gasteiger partial charge in [-0.3, -0.25) is 4.79 Å². The largest absolute Gasteiger partial charge is 0.477 e. The number of carboxylic acids is 1. The van der Waals surface area contributed by atoms with Crippen LogP contribution in [-0.4, -0.2) is 91.9 Å². The second-order valence-corrected chi connectivity index (χ2v) is 4.98. The lowest BCUT2D eigenvalue weighted by molar-refractivity contribution is -0.295. The maximum atomic E-state index is 11.4. The van der Waals surface area contributed by atoms with Crippen LogP contribution < -0.4 is 11.1 Å². The first kappa shape index (κ1) is 18.7. The van der Waals surface area contributed by atoms with E-state index in [4.69, 9.17) is 20.7 Å². The van der Waals surface area contributed by atoms with E-state index in [2.05, 4.69) is 5.32 Å². The van der Waals surface area contributed by atoms with Crippen molar-refractivity contribution < 1.29 is 45.0 Å². The van der Waals surface area contributed by atoms with Crippen molar-refractivity contribution in [2.24, 2.45) is 5.73 Å². The summed E-state index contributed by atoms with van der Waals surface area (Å²) < 4.78 is 4.87. The lowest BCUT2D eigenvalue weighted by Crippen LogP contribution is -2.67. The summed E-state index contributed by atoms with van der Waals surface area (Å²) in [6.07, 6.45) is -7.70. The zero-order valence-corrected chi connectivity index (χ0v) is 11.5. The van der Waals surface area contributed by atoms with Gasteiger partial charge in [-0.2, -0.15) is 0 Å². The molecule has 0 aliphatic carbocycles. The lowest BCUT2D eigenvalue weighted by Gasteiger charge is -2.44. The third-order valence-electron chi connectivity index (χ3n) is 3.35. The number of nitrogens with one attached hydrogen (secondary N) is 1. The Morgan fingerprint density at radius 3 is 2.45 bits per heavy atom. The second-order valence-electron chi connectivity index (χ2n) is 4.98. The van der Waals surface area contributed by atoms with E-state index in [0.717, 1.165) is 0 Å². The monoisotopic (exact) mass is 324 g/mol. The number of hydrogen-bond donors (Lipinski definition) is 8.